The first-order chi connectivity index (χ1) is 9.38. The highest BCUT2D eigenvalue weighted by atomic mass is 16.5. The minimum Gasteiger partial charge on any atom is -0.376 e. The van der Waals surface area contributed by atoms with Gasteiger partial charge in [0, 0.05) is 0 Å². The first-order valence-electron chi connectivity index (χ1n) is 8.00. The van der Waals surface area contributed by atoms with Gasteiger partial charge in [0.05, 0.1) is 13.2 Å². The molecular formula is C18H26O. The Bertz CT molecular complexity index is 386. The molecule has 2 fully saturated rings. The highest BCUT2D eigenvalue weighted by Gasteiger charge is 2.52. The summed E-state index contributed by atoms with van der Waals surface area (Å²) < 4.78 is 5.87. The van der Waals surface area contributed by atoms with Crippen LogP contribution >= 0.6 is 0 Å². The second kappa shape index (κ2) is 6.09. The third-order valence-corrected chi connectivity index (χ3v) is 4.88. The van der Waals surface area contributed by atoms with Gasteiger partial charge in [-0.2, -0.15) is 0 Å². The predicted molar refractivity (Wildman–Crippen MR) is 78.8 cm³/mol. The zero-order valence-corrected chi connectivity index (χ0v) is 12.1. The molecule has 0 spiro atoms. The molecule has 19 heavy (non-hydrogen) atoms. The zero-order chi connectivity index (χ0) is 13.1. The fourth-order valence-corrected chi connectivity index (χ4v) is 3.48. The summed E-state index contributed by atoms with van der Waals surface area (Å²) in [5.41, 5.74) is 1.30. The number of unbranched alkanes of at least 4 members (excludes halogenated alkanes) is 1. The van der Waals surface area contributed by atoms with Gasteiger partial charge in [-0.05, 0) is 42.1 Å². The minimum absolute atomic E-state index is 0.786. The van der Waals surface area contributed by atoms with Crippen LogP contribution in [0.4, 0.5) is 0 Å². The van der Waals surface area contributed by atoms with Crippen molar-refractivity contribution in [2.24, 2.45) is 23.7 Å². The molecule has 104 valence electrons. The molecular weight excluding hydrogens is 232 g/mol. The first kappa shape index (κ1) is 13.2. The molecule has 0 bridgehead atoms. The van der Waals surface area contributed by atoms with E-state index in [-0.39, 0.29) is 0 Å². The highest BCUT2D eigenvalue weighted by molar-refractivity contribution is 5.13. The van der Waals surface area contributed by atoms with Crippen molar-refractivity contribution in [1.82, 2.24) is 0 Å². The number of rotatable bonds is 8. The van der Waals surface area contributed by atoms with Crippen molar-refractivity contribution in [3.8, 4) is 0 Å². The number of ether oxygens (including phenoxy) is 1. The second-order valence-electron chi connectivity index (χ2n) is 6.46. The number of hydrogen-bond donors (Lipinski definition) is 0. The van der Waals surface area contributed by atoms with Crippen molar-refractivity contribution in [3.63, 3.8) is 0 Å². The fourth-order valence-electron chi connectivity index (χ4n) is 3.48. The zero-order valence-electron chi connectivity index (χ0n) is 12.1. The Balaban J connectivity index is 1.30. The fraction of sp³-hybridized carbons (Fsp3) is 0.667. The summed E-state index contributed by atoms with van der Waals surface area (Å²) in [7, 11) is 0. The summed E-state index contributed by atoms with van der Waals surface area (Å²) in [6.45, 7) is 4.07. The highest BCUT2D eigenvalue weighted by Crippen LogP contribution is 2.59. The van der Waals surface area contributed by atoms with Gasteiger partial charge in [0.1, 0.15) is 0 Å². The maximum Gasteiger partial charge on any atom is 0.0717 e. The smallest absolute Gasteiger partial charge is 0.0717 e. The molecule has 0 amide bonds. The molecule has 0 aliphatic heterocycles. The molecule has 0 radical (unpaired) electrons. The SMILES string of the molecule is CCCCC1CC1C1CC1COCc1ccccc1. The predicted octanol–water partition coefficient (Wildman–Crippen LogP) is 4.67. The van der Waals surface area contributed by atoms with E-state index in [1.165, 1.54) is 37.7 Å². The maximum atomic E-state index is 5.87. The molecule has 1 aromatic carbocycles. The van der Waals surface area contributed by atoms with Crippen molar-refractivity contribution in [2.75, 3.05) is 6.61 Å². The maximum absolute atomic E-state index is 5.87. The van der Waals surface area contributed by atoms with Crippen LogP contribution in [0.15, 0.2) is 30.3 Å². The minimum atomic E-state index is 0.786. The Morgan fingerprint density at radius 3 is 2.58 bits per heavy atom. The summed E-state index contributed by atoms with van der Waals surface area (Å²) in [6.07, 6.45) is 7.22. The second-order valence-corrected chi connectivity index (χ2v) is 6.46. The van der Waals surface area contributed by atoms with Gasteiger partial charge in [0.2, 0.25) is 0 Å². The van der Waals surface area contributed by atoms with Crippen molar-refractivity contribution in [2.45, 2.75) is 45.6 Å². The van der Waals surface area contributed by atoms with E-state index in [1.54, 1.807) is 0 Å². The van der Waals surface area contributed by atoms with Crippen molar-refractivity contribution in [3.05, 3.63) is 35.9 Å². The molecule has 0 N–H and O–H groups in total. The molecule has 4 unspecified atom stereocenters. The van der Waals surface area contributed by atoms with Crippen LogP contribution < -0.4 is 0 Å². The van der Waals surface area contributed by atoms with E-state index >= 15 is 0 Å². The van der Waals surface area contributed by atoms with E-state index in [1.807, 2.05) is 0 Å². The van der Waals surface area contributed by atoms with Crippen LogP contribution in [-0.4, -0.2) is 6.61 Å². The third-order valence-electron chi connectivity index (χ3n) is 4.88. The molecule has 1 nitrogen and oxygen atoms in total. The Kier molecular flexibility index (Phi) is 4.22. The molecule has 0 heterocycles. The normalized spacial score (nSPS) is 32.3. The van der Waals surface area contributed by atoms with E-state index in [2.05, 4.69) is 37.3 Å². The van der Waals surface area contributed by atoms with Crippen LogP contribution in [-0.2, 0) is 11.3 Å². The topological polar surface area (TPSA) is 9.23 Å². The molecule has 1 heteroatoms. The lowest BCUT2D eigenvalue weighted by atomic mass is 10.1. The quantitative estimate of drug-likeness (QED) is 0.658. The van der Waals surface area contributed by atoms with Gasteiger partial charge >= 0.3 is 0 Å². The molecule has 3 rings (SSSR count). The molecule has 2 aliphatic rings. The van der Waals surface area contributed by atoms with Gasteiger partial charge in [-0.3, -0.25) is 0 Å². The summed E-state index contributed by atoms with van der Waals surface area (Å²) in [6, 6.07) is 10.5. The molecule has 0 saturated heterocycles. The van der Waals surface area contributed by atoms with Gasteiger partial charge in [-0.15, -0.1) is 0 Å². The van der Waals surface area contributed by atoms with Gasteiger partial charge in [-0.1, -0.05) is 56.5 Å². The lowest BCUT2D eigenvalue weighted by molar-refractivity contribution is 0.107. The molecule has 4 atom stereocenters. The Hall–Kier alpha value is -0.820. The van der Waals surface area contributed by atoms with Gasteiger partial charge in [0.15, 0.2) is 0 Å². The number of hydrogen-bond acceptors (Lipinski definition) is 1. The third kappa shape index (κ3) is 3.60. The molecule has 1 aromatic rings. The van der Waals surface area contributed by atoms with E-state index in [0.717, 1.165) is 36.9 Å². The first-order valence-corrected chi connectivity index (χ1v) is 8.00. The average Bonchev–Trinajstić information content (AvgIpc) is 3.32. The molecule has 2 aliphatic carbocycles. The molecule has 0 aromatic heterocycles. The Morgan fingerprint density at radius 1 is 1.05 bits per heavy atom. The van der Waals surface area contributed by atoms with Crippen LogP contribution in [0.5, 0.6) is 0 Å². The van der Waals surface area contributed by atoms with Crippen LogP contribution in [0.2, 0.25) is 0 Å². The summed E-state index contributed by atoms with van der Waals surface area (Å²) in [5, 5.41) is 0. The average molecular weight is 258 g/mol. The van der Waals surface area contributed by atoms with Crippen molar-refractivity contribution < 1.29 is 4.74 Å². The summed E-state index contributed by atoms with van der Waals surface area (Å²) >= 11 is 0. The van der Waals surface area contributed by atoms with Crippen LogP contribution in [0.3, 0.4) is 0 Å². The van der Waals surface area contributed by atoms with Crippen LogP contribution in [0.25, 0.3) is 0 Å². The molecule has 2 saturated carbocycles. The van der Waals surface area contributed by atoms with Gasteiger partial charge in [0.25, 0.3) is 0 Å². The van der Waals surface area contributed by atoms with Crippen LogP contribution in [0, 0.1) is 23.7 Å². The van der Waals surface area contributed by atoms with Gasteiger partial charge < -0.3 is 4.74 Å². The van der Waals surface area contributed by atoms with E-state index in [0.29, 0.717) is 0 Å². The summed E-state index contributed by atoms with van der Waals surface area (Å²) in [4.78, 5) is 0. The van der Waals surface area contributed by atoms with E-state index in [9.17, 15) is 0 Å². The largest absolute Gasteiger partial charge is 0.376 e. The Labute approximate surface area is 117 Å². The lowest BCUT2D eigenvalue weighted by Crippen LogP contribution is -2.00. The lowest BCUT2D eigenvalue weighted by Gasteiger charge is -2.04. The standard InChI is InChI=1S/C18H26O/c1-2-3-9-15-10-17(15)18-11-16(18)13-19-12-14-7-5-4-6-8-14/h4-8,15-18H,2-3,9-13H2,1H3. The number of benzene rings is 1. The van der Waals surface area contributed by atoms with E-state index < -0.39 is 0 Å². The van der Waals surface area contributed by atoms with Crippen molar-refractivity contribution >= 4 is 0 Å². The van der Waals surface area contributed by atoms with Crippen LogP contribution in [0.1, 0.15) is 44.6 Å². The van der Waals surface area contributed by atoms with Crippen molar-refractivity contribution in [1.29, 1.82) is 0 Å². The Morgan fingerprint density at radius 2 is 1.79 bits per heavy atom. The van der Waals surface area contributed by atoms with E-state index in [4.69, 9.17) is 4.74 Å². The summed E-state index contributed by atoms with van der Waals surface area (Å²) in [5.74, 6) is 4.03. The monoisotopic (exact) mass is 258 g/mol. The van der Waals surface area contributed by atoms with Gasteiger partial charge in [-0.25, -0.2) is 0 Å².